The van der Waals surface area contributed by atoms with Gasteiger partial charge < -0.3 is 18.9 Å². The van der Waals surface area contributed by atoms with Crippen LogP contribution in [0.15, 0.2) is 267 Å². The van der Waals surface area contributed by atoms with Gasteiger partial charge in [0.15, 0.2) is 0 Å². The van der Waals surface area contributed by atoms with Crippen LogP contribution in [0.25, 0.3) is 120 Å². The molecule has 0 fully saturated rings. The lowest BCUT2D eigenvalue weighted by atomic mass is 9.89. The summed E-state index contributed by atoms with van der Waals surface area (Å²) in [6.07, 6.45) is 0. The first-order valence-corrected chi connectivity index (χ1v) is 27.2. The van der Waals surface area contributed by atoms with Gasteiger partial charge in [0, 0.05) is 11.1 Å². The van der Waals surface area contributed by atoms with Gasteiger partial charge in [0.05, 0.1) is 25.3 Å². The number of ether oxygens (including phenoxy) is 4. The van der Waals surface area contributed by atoms with Crippen LogP contribution in [0.5, 0.6) is 23.0 Å². The van der Waals surface area contributed by atoms with Gasteiger partial charge in [-0.1, -0.05) is 182 Å². The van der Waals surface area contributed by atoms with Crippen molar-refractivity contribution in [1.82, 2.24) is 0 Å². The first-order valence-electron chi connectivity index (χ1n) is 27.2. The Bertz CT molecular complexity index is 4590. The fraction of sp³-hybridized carbons (Fsp3) is 0.0263. The van der Waals surface area contributed by atoms with Gasteiger partial charge >= 0.3 is 11.9 Å². The normalized spacial score (nSPS) is 11.4. The molecule has 14 rings (SSSR count). The van der Waals surface area contributed by atoms with Crippen molar-refractivity contribution in [3.05, 3.63) is 278 Å². The Balaban J connectivity index is 0.989. The van der Waals surface area contributed by atoms with E-state index in [1.807, 2.05) is 72.8 Å². The lowest BCUT2D eigenvalue weighted by molar-refractivity contribution is 0.0592. The van der Waals surface area contributed by atoms with Crippen molar-refractivity contribution in [3.63, 3.8) is 0 Å². The van der Waals surface area contributed by atoms with Crippen LogP contribution in [0.3, 0.4) is 0 Å². The van der Waals surface area contributed by atoms with Gasteiger partial charge in [-0.3, -0.25) is 0 Å². The van der Waals surface area contributed by atoms with Crippen LogP contribution < -0.4 is 9.47 Å². The molecule has 0 unspecified atom stereocenters. The van der Waals surface area contributed by atoms with Crippen LogP contribution >= 0.6 is 0 Å². The van der Waals surface area contributed by atoms with Gasteiger partial charge in [-0.2, -0.15) is 0 Å². The van der Waals surface area contributed by atoms with E-state index < -0.39 is 11.9 Å². The van der Waals surface area contributed by atoms with Gasteiger partial charge in [0.25, 0.3) is 0 Å². The molecule has 0 aliphatic rings. The van der Waals surface area contributed by atoms with Gasteiger partial charge in [-0.25, -0.2) is 9.59 Å². The first-order chi connectivity index (χ1) is 40.3. The topological polar surface area (TPSA) is 71.1 Å². The summed E-state index contributed by atoms with van der Waals surface area (Å²) in [6.45, 7) is 0. The molecule has 6 heteroatoms. The molecule has 0 aromatic heterocycles. The third-order valence-electron chi connectivity index (χ3n) is 15.7. The number of hydrogen-bond acceptors (Lipinski definition) is 6. The molecule has 0 saturated carbocycles. The fourth-order valence-electron chi connectivity index (χ4n) is 11.6. The summed E-state index contributed by atoms with van der Waals surface area (Å²) in [5, 5.41) is 12.8. The second-order valence-corrected chi connectivity index (χ2v) is 20.6. The summed E-state index contributed by atoms with van der Waals surface area (Å²) < 4.78 is 25.2. The SMILES string of the molecule is COC(=O)c1ccc(Oc2ccc3cc(-c4ccc5ccccc5c4)ccc3c2-c2c(Oc3ccc(C(=O)OC)c(-c4ccc5ccccc5c4)c3)ccc3cc(-c4ccc5ccccc5c4)ccc23)cc1-c1ccc2ccccc2c1. The predicted molar refractivity (Wildman–Crippen MR) is 334 cm³/mol. The Hall–Kier alpha value is -10.8. The molecular formula is C76H50O6. The molecule has 0 heterocycles. The average molecular weight is 1060 g/mol. The maximum Gasteiger partial charge on any atom is 0.338 e. The highest BCUT2D eigenvalue weighted by atomic mass is 16.5. The summed E-state index contributed by atoms with van der Waals surface area (Å²) in [6, 6.07) is 91.1. The molecule has 390 valence electrons. The number of methoxy groups -OCH3 is 2. The number of rotatable bonds is 11. The molecule has 6 nitrogen and oxygen atoms in total. The first kappa shape index (κ1) is 49.5. The molecule has 14 aromatic carbocycles. The second-order valence-electron chi connectivity index (χ2n) is 20.6. The maximum atomic E-state index is 13.5. The summed E-state index contributed by atoms with van der Waals surface area (Å²) in [5.74, 6) is 1.26. The van der Waals surface area contributed by atoms with Gasteiger partial charge in [-0.05, 0) is 194 Å². The Morgan fingerprint density at radius 2 is 0.561 bits per heavy atom. The molecule has 0 aliphatic carbocycles. The molecule has 0 atom stereocenters. The number of hydrogen-bond donors (Lipinski definition) is 0. The highest BCUT2D eigenvalue weighted by molar-refractivity contribution is 6.12. The van der Waals surface area contributed by atoms with Crippen molar-refractivity contribution >= 4 is 76.6 Å². The molecular weight excluding hydrogens is 1010 g/mol. The van der Waals surface area contributed by atoms with Crippen LogP contribution in [-0.2, 0) is 9.47 Å². The van der Waals surface area contributed by atoms with Gasteiger partial charge in [-0.15, -0.1) is 0 Å². The van der Waals surface area contributed by atoms with E-state index in [4.69, 9.17) is 18.9 Å². The van der Waals surface area contributed by atoms with Crippen molar-refractivity contribution in [2.45, 2.75) is 0 Å². The van der Waals surface area contributed by atoms with E-state index in [1.54, 1.807) is 12.1 Å². The molecule has 0 radical (unpaired) electrons. The van der Waals surface area contributed by atoms with Crippen LogP contribution in [0.1, 0.15) is 20.7 Å². The molecule has 0 N–H and O–H groups in total. The van der Waals surface area contributed by atoms with Crippen LogP contribution in [0.4, 0.5) is 0 Å². The molecule has 0 spiro atoms. The van der Waals surface area contributed by atoms with Crippen LogP contribution in [0, 0.1) is 0 Å². The van der Waals surface area contributed by atoms with Crippen LogP contribution in [-0.4, -0.2) is 26.2 Å². The summed E-state index contributed by atoms with van der Waals surface area (Å²) >= 11 is 0. The largest absolute Gasteiger partial charge is 0.465 e. The van der Waals surface area contributed by atoms with E-state index >= 15 is 0 Å². The van der Waals surface area contributed by atoms with E-state index in [2.05, 4.69) is 182 Å². The maximum absolute atomic E-state index is 13.5. The molecule has 0 amide bonds. The Kier molecular flexibility index (Phi) is 12.5. The van der Waals surface area contributed by atoms with Crippen molar-refractivity contribution in [1.29, 1.82) is 0 Å². The highest BCUT2D eigenvalue weighted by Gasteiger charge is 2.24. The van der Waals surface area contributed by atoms with E-state index in [1.165, 1.54) is 25.0 Å². The lowest BCUT2D eigenvalue weighted by Crippen LogP contribution is -2.04. The Morgan fingerprint density at radius 1 is 0.268 bits per heavy atom. The smallest absolute Gasteiger partial charge is 0.338 e. The fourth-order valence-corrected chi connectivity index (χ4v) is 11.6. The minimum atomic E-state index is -0.452. The molecule has 0 bridgehead atoms. The molecule has 82 heavy (non-hydrogen) atoms. The zero-order chi connectivity index (χ0) is 55.3. The van der Waals surface area contributed by atoms with Crippen molar-refractivity contribution in [2.24, 2.45) is 0 Å². The number of carbonyl (C=O) groups excluding carboxylic acids is 2. The Morgan fingerprint density at radius 3 is 0.915 bits per heavy atom. The van der Waals surface area contributed by atoms with Crippen LogP contribution in [0.2, 0.25) is 0 Å². The van der Waals surface area contributed by atoms with Crippen molar-refractivity contribution < 1.29 is 28.5 Å². The number of esters is 2. The number of carbonyl (C=O) groups is 2. The lowest BCUT2D eigenvalue weighted by Gasteiger charge is -2.21. The minimum Gasteiger partial charge on any atom is -0.465 e. The highest BCUT2D eigenvalue weighted by Crippen LogP contribution is 2.50. The Labute approximate surface area is 473 Å². The quantitative estimate of drug-likeness (QED) is 0.120. The third-order valence-corrected chi connectivity index (χ3v) is 15.7. The molecule has 0 saturated heterocycles. The van der Waals surface area contributed by atoms with E-state index in [9.17, 15) is 9.59 Å². The molecule has 0 aliphatic heterocycles. The average Bonchev–Trinajstić information content (AvgIpc) is 2.76. The zero-order valence-electron chi connectivity index (χ0n) is 44.9. The monoisotopic (exact) mass is 1060 g/mol. The summed E-state index contributed by atoms with van der Waals surface area (Å²) in [5.41, 5.74) is 9.79. The van der Waals surface area contributed by atoms with Gasteiger partial charge in [0.1, 0.15) is 23.0 Å². The summed E-state index contributed by atoms with van der Waals surface area (Å²) in [4.78, 5) is 27.1. The minimum absolute atomic E-state index is 0.415. The third kappa shape index (κ3) is 9.18. The predicted octanol–water partition coefficient (Wildman–Crippen LogP) is 20.1. The second kappa shape index (κ2) is 20.8. The standard InChI is InChI=1S/C76H50O6/c1-79-75(77)67-35-31-63(45-69(67)61-25-21-49-13-5-9-17-53(49)41-61)81-71-37-29-59-43-57(55-23-19-47-11-3-7-15-51(47)39-55)27-33-65(59)73(71)74-66-34-28-58(56-24-20-48-12-4-8-16-52(48)40-56)44-60(66)30-38-72(74)82-64-32-36-68(76(78)80-2)70(46-64)62-26-22-50-14-6-10-18-54(50)42-62/h3-46H,1-2H3. The van der Waals surface area contributed by atoms with Crippen molar-refractivity contribution in [3.8, 4) is 78.6 Å². The number of fused-ring (bicyclic) bond motifs is 6. The molecule has 14 aromatic rings. The van der Waals surface area contributed by atoms with E-state index in [0.717, 1.165) is 98.4 Å². The number of benzene rings is 14. The summed E-state index contributed by atoms with van der Waals surface area (Å²) in [7, 11) is 2.80. The van der Waals surface area contributed by atoms with Crippen molar-refractivity contribution in [2.75, 3.05) is 14.2 Å². The van der Waals surface area contributed by atoms with Gasteiger partial charge in [0.2, 0.25) is 0 Å². The van der Waals surface area contributed by atoms with E-state index in [-0.39, 0.29) is 0 Å². The zero-order valence-corrected chi connectivity index (χ0v) is 44.9. The van der Waals surface area contributed by atoms with E-state index in [0.29, 0.717) is 45.3 Å².